The standard InChI is InChI=1S/C12H19NO4/c1-8-4-5-10(17-8)11(14)13-6-2-3-9(7-13)12(15)16/h8-10H,2-7H2,1H3,(H,15,16)/t8?,9-,10?/m1/s1. The summed E-state index contributed by atoms with van der Waals surface area (Å²) in [5, 5.41) is 8.98. The van der Waals surface area contributed by atoms with Crippen LogP contribution in [0.4, 0.5) is 0 Å². The van der Waals surface area contributed by atoms with E-state index in [2.05, 4.69) is 0 Å². The van der Waals surface area contributed by atoms with Gasteiger partial charge in [-0.15, -0.1) is 0 Å². The second kappa shape index (κ2) is 5.04. The van der Waals surface area contributed by atoms with Crippen LogP contribution in [0.15, 0.2) is 0 Å². The van der Waals surface area contributed by atoms with Gasteiger partial charge in [0.25, 0.3) is 5.91 Å². The molecule has 5 heteroatoms. The van der Waals surface area contributed by atoms with Gasteiger partial charge < -0.3 is 14.7 Å². The second-order valence-electron chi connectivity index (χ2n) is 4.97. The average Bonchev–Trinajstić information content (AvgIpc) is 2.75. The van der Waals surface area contributed by atoms with Gasteiger partial charge in [-0.2, -0.15) is 0 Å². The number of amides is 1. The van der Waals surface area contributed by atoms with Crippen molar-refractivity contribution in [3.63, 3.8) is 0 Å². The van der Waals surface area contributed by atoms with Crippen molar-refractivity contribution < 1.29 is 19.4 Å². The van der Waals surface area contributed by atoms with Crippen molar-refractivity contribution in [2.75, 3.05) is 13.1 Å². The van der Waals surface area contributed by atoms with Gasteiger partial charge in [0.15, 0.2) is 0 Å². The summed E-state index contributed by atoms with van der Waals surface area (Å²) in [5.74, 6) is -1.24. The van der Waals surface area contributed by atoms with Crippen molar-refractivity contribution in [3.05, 3.63) is 0 Å². The quantitative estimate of drug-likeness (QED) is 0.779. The molecule has 2 saturated heterocycles. The van der Waals surface area contributed by atoms with Crippen LogP contribution in [0, 0.1) is 5.92 Å². The second-order valence-corrected chi connectivity index (χ2v) is 4.97. The molecule has 2 fully saturated rings. The summed E-state index contributed by atoms with van der Waals surface area (Å²) < 4.78 is 5.53. The highest BCUT2D eigenvalue weighted by atomic mass is 16.5. The van der Waals surface area contributed by atoms with E-state index in [-0.39, 0.29) is 18.1 Å². The molecule has 0 aromatic carbocycles. The Morgan fingerprint density at radius 2 is 2.06 bits per heavy atom. The van der Waals surface area contributed by atoms with E-state index < -0.39 is 11.9 Å². The highest BCUT2D eigenvalue weighted by Crippen LogP contribution is 2.24. The first-order valence-corrected chi connectivity index (χ1v) is 6.25. The number of carboxylic acids is 1. The molecule has 0 aliphatic carbocycles. The van der Waals surface area contributed by atoms with Crippen LogP contribution in [0.5, 0.6) is 0 Å². The lowest BCUT2D eigenvalue weighted by molar-refractivity contribution is -0.149. The first-order valence-electron chi connectivity index (χ1n) is 6.25. The summed E-state index contributed by atoms with van der Waals surface area (Å²) in [4.78, 5) is 24.7. The van der Waals surface area contributed by atoms with Crippen molar-refractivity contribution in [1.82, 2.24) is 4.90 Å². The van der Waals surface area contributed by atoms with Crippen LogP contribution in [0.2, 0.25) is 0 Å². The van der Waals surface area contributed by atoms with E-state index >= 15 is 0 Å². The molecule has 96 valence electrons. The van der Waals surface area contributed by atoms with Crippen LogP contribution in [0.25, 0.3) is 0 Å². The number of likely N-dealkylation sites (tertiary alicyclic amines) is 1. The Kier molecular flexibility index (Phi) is 3.66. The Bertz CT molecular complexity index is 318. The van der Waals surface area contributed by atoms with Crippen molar-refractivity contribution in [1.29, 1.82) is 0 Å². The molecule has 2 rings (SSSR count). The van der Waals surface area contributed by atoms with Crippen molar-refractivity contribution >= 4 is 11.9 Å². The third-order valence-corrected chi connectivity index (χ3v) is 3.59. The van der Waals surface area contributed by atoms with Crippen molar-refractivity contribution in [3.8, 4) is 0 Å². The van der Waals surface area contributed by atoms with Gasteiger partial charge in [0.1, 0.15) is 6.10 Å². The SMILES string of the molecule is CC1CCC(C(=O)N2CCC[C@@H](C(=O)O)C2)O1. The number of rotatable bonds is 2. The molecule has 2 aliphatic heterocycles. The van der Waals surface area contributed by atoms with Gasteiger partial charge in [0.2, 0.25) is 0 Å². The van der Waals surface area contributed by atoms with Crippen LogP contribution >= 0.6 is 0 Å². The zero-order valence-corrected chi connectivity index (χ0v) is 10.1. The molecular weight excluding hydrogens is 222 g/mol. The molecule has 2 heterocycles. The van der Waals surface area contributed by atoms with Gasteiger partial charge >= 0.3 is 5.97 Å². The lowest BCUT2D eigenvalue weighted by Crippen LogP contribution is -2.46. The van der Waals surface area contributed by atoms with E-state index in [9.17, 15) is 9.59 Å². The summed E-state index contributed by atoms with van der Waals surface area (Å²) in [6.45, 7) is 2.96. The Balaban J connectivity index is 1.93. The zero-order chi connectivity index (χ0) is 12.4. The van der Waals surface area contributed by atoms with E-state index in [1.54, 1.807) is 4.90 Å². The minimum absolute atomic E-state index is 0.0275. The summed E-state index contributed by atoms with van der Waals surface area (Å²) in [5.41, 5.74) is 0. The molecule has 0 aromatic rings. The van der Waals surface area contributed by atoms with Crippen LogP contribution in [-0.2, 0) is 14.3 Å². The highest BCUT2D eigenvalue weighted by molar-refractivity contribution is 5.82. The minimum Gasteiger partial charge on any atom is -0.481 e. The van der Waals surface area contributed by atoms with Gasteiger partial charge in [-0.3, -0.25) is 9.59 Å². The first-order chi connectivity index (χ1) is 8.08. The van der Waals surface area contributed by atoms with E-state index in [0.717, 1.165) is 19.3 Å². The summed E-state index contributed by atoms with van der Waals surface area (Å²) >= 11 is 0. The van der Waals surface area contributed by atoms with E-state index in [1.165, 1.54) is 0 Å². The smallest absolute Gasteiger partial charge is 0.308 e. The molecule has 1 amide bonds. The number of piperidine rings is 1. The predicted octanol–water partition coefficient (Wildman–Crippen LogP) is 0.877. The zero-order valence-electron chi connectivity index (χ0n) is 10.1. The monoisotopic (exact) mass is 241 g/mol. The van der Waals surface area contributed by atoms with Crippen LogP contribution in [-0.4, -0.2) is 47.2 Å². The van der Waals surface area contributed by atoms with E-state index in [0.29, 0.717) is 19.5 Å². The minimum atomic E-state index is -0.803. The molecule has 0 saturated carbocycles. The molecule has 17 heavy (non-hydrogen) atoms. The number of hydrogen-bond donors (Lipinski definition) is 1. The van der Waals surface area contributed by atoms with Gasteiger partial charge in [-0.25, -0.2) is 0 Å². The number of ether oxygens (including phenoxy) is 1. The maximum atomic E-state index is 12.1. The van der Waals surface area contributed by atoms with Crippen LogP contribution < -0.4 is 0 Å². The third kappa shape index (κ3) is 2.77. The Labute approximate surface area is 101 Å². The van der Waals surface area contributed by atoms with Gasteiger partial charge in [0, 0.05) is 13.1 Å². The number of carbonyl (C=O) groups excluding carboxylic acids is 1. The van der Waals surface area contributed by atoms with Crippen LogP contribution in [0.1, 0.15) is 32.6 Å². The third-order valence-electron chi connectivity index (χ3n) is 3.59. The Morgan fingerprint density at radius 3 is 2.65 bits per heavy atom. The van der Waals surface area contributed by atoms with Gasteiger partial charge in [-0.1, -0.05) is 0 Å². The Morgan fingerprint density at radius 1 is 1.29 bits per heavy atom. The largest absolute Gasteiger partial charge is 0.481 e. The maximum absolute atomic E-state index is 12.1. The molecule has 0 radical (unpaired) electrons. The predicted molar refractivity (Wildman–Crippen MR) is 60.5 cm³/mol. The maximum Gasteiger partial charge on any atom is 0.308 e. The van der Waals surface area contributed by atoms with Gasteiger partial charge in [-0.05, 0) is 32.6 Å². The molecule has 0 aromatic heterocycles. The number of aliphatic carboxylic acids is 1. The molecule has 2 aliphatic rings. The van der Waals surface area contributed by atoms with E-state index in [1.807, 2.05) is 6.92 Å². The van der Waals surface area contributed by atoms with E-state index in [4.69, 9.17) is 9.84 Å². The topological polar surface area (TPSA) is 66.8 Å². The molecule has 0 spiro atoms. The fraction of sp³-hybridized carbons (Fsp3) is 0.833. The number of nitrogens with zero attached hydrogens (tertiary/aromatic N) is 1. The molecular formula is C12H19NO4. The molecule has 2 unspecified atom stereocenters. The summed E-state index contributed by atoms with van der Waals surface area (Å²) in [7, 11) is 0. The normalized spacial score (nSPS) is 33.7. The number of carboxylic acid groups (broad SMARTS) is 1. The first kappa shape index (κ1) is 12.4. The summed E-state index contributed by atoms with van der Waals surface area (Å²) in [6.07, 6.45) is 2.90. The number of carbonyl (C=O) groups is 2. The fourth-order valence-electron chi connectivity index (χ4n) is 2.57. The lowest BCUT2D eigenvalue weighted by Gasteiger charge is -2.32. The summed E-state index contributed by atoms with van der Waals surface area (Å²) in [6, 6.07) is 0. The van der Waals surface area contributed by atoms with Gasteiger partial charge in [0.05, 0.1) is 12.0 Å². The van der Waals surface area contributed by atoms with Crippen molar-refractivity contribution in [2.45, 2.75) is 44.8 Å². The molecule has 0 bridgehead atoms. The Hall–Kier alpha value is -1.10. The number of hydrogen-bond acceptors (Lipinski definition) is 3. The lowest BCUT2D eigenvalue weighted by atomic mass is 9.97. The van der Waals surface area contributed by atoms with Crippen LogP contribution in [0.3, 0.4) is 0 Å². The molecule has 1 N–H and O–H groups in total. The molecule has 3 atom stereocenters. The fourth-order valence-corrected chi connectivity index (χ4v) is 2.57. The highest BCUT2D eigenvalue weighted by Gasteiger charge is 2.35. The van der Waals surface area contributed by atoms with Crippen molar-refractivity contribution in [2.24, 2.45) is 5.92 Å². The average molecular weight is 241 g/mol. The molecule has 5 nitrogen and oxygen atoms in total.